The van der Waals surface area contributed by atoms with Gasteiger partial charge >= 0.3 is 0 Å². The molecular weight excluding hydrogens is 266 g/mol. The lowest BCUT2D eigenvalue weighted by Crippen LogP contribution is -2.33. The zero-order valence-corrected chi connectivity index (χ0v) is 12.1. The molecule has 112 valence electrons. The lowest BCUT2D eigenvalue weighted by Gasteiger charge is -2.22. The van der Waals surface area contributed by atoms with Gasteiger partial charge in [0.05, 0.1) is 6.42 Å². The van der Waals surface area contributed by atoms with Gasteiger partial charge in [-0.1, -0.05) is 17.3 Å². The van der Waals surface area contributed by atoms with E-state index in [1.165, 1.54) is 12.8 Å². The van der Waals surface area contributed by atoms with Gasteiger partial charge in [-0.3, -0.25) is 4.79 Å². The van der Waals surface area contributed by atoms with Crippen molar-refractivity contribution in [3.63, 3.8) is 0 Å². The zero-order valence-electron chi connectivity index (χ0n) is 12.1. The SMILES string of the molecule is O=C(Cc1noc2ccccc12)NCCC1CCCNC1. The fourth-order valence-electron chi connectivity index (χ4n) is 2.87. The summed E-state index contributed by atoms with van der Waals surface area (Å²) in [5.41, 5.74) is 1.44. The van der Waals surface area contributed by atoms with E-state index in [0.29, 0.717) is 11.6 Å². The number of carbonyl (C=O) groups excluding carboxylic acids is 1. The Bertz CT molecular complexity index is 602. The standard InChI is InChI=1S/C16H21N3O2/c20-16(18-9-7-12-4-3-8-17-11-12)10-14-13-5-1-2-6-15(13)21-19-14/h1-2,5-6,12,17H,3-4,7-11H2,(H,18,20). The molecule has 1 amide bonds. The van der Waals surface area contributed by atoms with E-state index in [4.69, 9.17) is 4.52 Å². The maximum absolute atomic E-state index is 12.0. The minimum Gasteiger partial charge on any atom is -0.356 e. The third-order valence-electron chi connectivity index (χ3n) is 4.05. The summed E-state index contributed by atoms with van der Waals surface area (Å²) in [7, 11) is 0. The first-order valence-corrected chi connectivity index (χ1v) is 7.63. The lowest BCUT2D eigenvalue weighted by molar-refractivity contribution is -0.120. The highest BCUT2D eigenvalue weighted by Gasteiger charge is 2.14. The molecule has 2 aromatic rings. The van der Waals surface area contributed by atoms with Gasteiger partial charge in [0, 0.05) is 11.9 Å². The van der Waals surface area contributed by atoms with E-state index in [-0.39, 0.29) is 12.3 Å². The van der Waals surface area contributed by atoms with Crippen molar-refractivity contribution >= 4 is 16.9 Å². The van der Waals surface area contributed by atoms with Gasteiger partial charge in [-0.05, 0) is 50.4 Å². The summed E-state index contributed by atoms with van der Waals surface area (Å²) in [4.78, 5) is 12.0. The summed E-state index contributed by atoms with van der Waals surface area (Å²) in [5, 5.41) is 11.3. The summed E-state index contributed by atoms with van der Waals surface area (Å²) >= 11 is 0. The topological polar surface area (TPSA) is 67.2 Å². The average molecular weight is 287 g/mol. The van der Waals surface area contributed by atoms with Gasteiger partial charge in [-0.15, -0.1) is 0 Å². The Labute approximate surface area is 124 Å². The van der Waals surface area contributed by atoms with Crippen LogP contribution >= 0.6 is 0 Å². The minimum absolute atomic E-state index is 0.0119. The van der Waals surface area contributed by atoms with Crippen LogP contribution in [-0.4, -0.2) is 30.7 Å². The van der Waals surface area contributed by atoms with Crippen molar-refractivity contribution in [2.24, 2.45) is 5.92 Å². The van der Waals surface area contributed by atoms with Gasteiger partial charge in [0.2, 0.25) is 5.91 Å². The van der Waals surface area contributed by atoms with Crippen LogP contribution in [0.3, 0.4) is 0 Å². The van der Waals surface area contributed by atoms with Crippen molar-refractivity contribution in [1.29, 1.82) is 0 Å². The molecule has 2 N–H and O–H groups in total. The average Bonchev–Trinajstić information content (AvgIpc) is 2.92. The molecule has 1 aliphatic rings. The molecule has 0 saturated carbocycles. The van der Waals surface area contributed by atoms with Crippen LogP contribution in [0.2, 0.25) is 0 Å². The van der Waals surface area contributed by atoms with Gasteiger partial charge in [-0.2, -0.15) is 0 Å². The van der Waals surface area contributed by atoms with Crippen molar-refractivity contribution in [3.8, 4) is 0 Å². The molecule has 0 radical (unpaired) electrons. The predicted molar refractivity (Wildman–Crippen MR) is 80.9 cm³/mol. The Morgan fingerprint density at radius 1 is 1.43 bits per heavy atom. The Morgan fingerprint density at radius 3 is 3.19 bits per heavy atom. The van der Waals surface area contributed by atoms with Crippen LogP contribution in [0, 0.1) is 5.92 Å². The number of carbonyl (C=O) groups is 1. The number of nitrogens with zero attached hydrogens (tertiary/aromatic N) is 1. The van der Waals surface area contributed by atoms with Gasteiger partial charge < -0.3 is 15.2 Å². The number of rotatable bonds is 5. The van der Waals surface area contributed by atoms with E-state index in [9.17, 15) is 4.79 Å². The first kappa shape index (κ1) is 14.1. The van der Waals surface area contributed by atoms with Crippen molar-refractivity contribution in [1.82, 2.24) is 15.8 Å². The van der Waals surface area contributed by atoms with Gasteiger partial charge in [0.15, 0.2) is 5.58 Å². The third-order valence-corrected chi connectivity index (χ3v) is 4.05. The van der Waals surface area contributed by atoms with Crippen molar-refractivity contribution in [3.05, 3.63) is 30.0 Å². The molecule has 0 spiro atoms. The van der Waals surface area contributed by atoms with Crippen LogP contribution in [0.15, 0.2) is 28.8 Å². The van der Waals surface area contributed by atoms with Crippen molar-refractivity contribution in [2.75, 3.05) is 19.6 Å². The van der Waals surface area contributed by atoms with E-state index in [2.05, 4.69) is 15.8 Å². The second-order valence-corrected chi connectivity index (χ2v) is 5.65. The van der Waals surface area contributed by atoms with Crippen LogP contribution in [0.5, 0.6) is 0 Å². The molecule has 1 unspecified atom stereocenters. The normalized spacial score (nSPS) is 18.8. The van der Waals surface area contributed by atoms with E-state index < -0.39 is 0 Å². The molecule has 1 atom stereocenters. The number of amides is 1. The monoisotopic (exact) mass is 287 g/mol. The largest absolute Gasteiger partial charge is 0.356 e. The van der Waals surface area contributed by atoms with E-state index >= 15 is 0 Å². The fourth-order valence-corrected chi connectivity index (χ4v) is 2.87. The summed E-state index contributed by atoms with van der Waals surface area (Å²) in [5.74, 6) is 0.699. The summed E-state index contributed by atoms with van der Waals surface area (Å²) in [6, 6.07) is 7.62. The second-order valence-electron chi connectivity index (χ2n) is 5.65. The Kier molecular flexibility index (Phi) is 4.50. The number of hydrogen-bond acceptors (Lipinski definition) is 4. The van der Waals surface area contributed by atoms with Crippen LogP contribution in [0.1, 0.15) is 25.0 Å². The van der Waals surface area contributed by atoms with Crippen molar-refractivity contribution in [2.45, 2.75) is 25.7 Å². The molecule has 1 aliphatic heterocycles. The summed E-state index contributed by atoms with van der Waals surface area (Å²) in [6.07, 6.45) is 3.82. The molecule has 5 heteroatoms. The first-order chi connectivity index (χ1) is 10.3. The number of para-hydroxylation sites is 1. The zero-order chi connectivity index (χ0) is 14.5. The first-order valence-electron chi connectivity index (χ1n) is 7.63. The predicted octanol–water partition coefficient (Wildman–Crippen LogP) is 1.88. The number of nitrogens with one attached hydrogen (secondary N) is 2. The highest BCUT2D eigenvalue weighted by Crippen LogP contribution is 2.18. The van der Waals surface area contributed by atoms with Crippen LogP contribution < -0.4 is 10.6 Å². The number of benzene rings is 1. The number of aromatic nitrogens is 1. The van der Waals surface area contributed by atoms with E-state index in [1.54, 1.807) is 0 Å². The molecule has 21 heavy (non-hydrogen) atoms. The molecular formula is C16H21N3O2. The molecule has 0 bridgehead atoms. The van der Waals surface area contributed by atoms with Crippen LogP contribution in [0.4, 0.5) is 0 Å². The Hall–Kier alpha value is -1.88. The molecule has 1 fully saturated rings. The smallest absolute Gasteiger partial charge is 0.226 e. The van der Waals surface area contributed by atoms with E-state index in [1.807, 2.05) is 24.3 Å². The highest BCUT2D eigenvalue weighted by atomic mass is 16.5. The molecule has 2 heterocycles. The second kappa shape index (κ2) is 6.72. The Morgan fingerprint density at radius 2 is 2.33 bits per heavy atom. The van der Waals surface area contributed by atoms with E-state index in [0.717, 1.165) is 37.0 Å². The Balaban J connectivity index is 1.47. The molecule has 3 rings (SSSR count). The number of hydrogen-bond donors (Lipinski definition) is 2. The maximum atomic E-state index is 12.0. The van der Waals surface area contributed by atoms with Crippen LogP contribution in [-0.2, 0) is 11.2 Å². The fraction of sp³-hybridized carbons (Fsp3) is 0.500. The summed E-state index contributed by atoms with van der Waals surface area (Å²) in [6.45, 7) is 2.94. The summed E-state index contributed by atoms with van der Waals surface area (Å²) < 4.78 is 5.21. The maximum Gasteiger partial charge on any atom is 0.226 e. The molecule has 0 aliphatic carbocycles. The third kappa shape index (κ3) is 3.61. The molecule has 5 nitrogen and oxygen atoms in total. The molecule has 1 aromatic carbocycles. The van der Waals surface area contributed by atoms with Gasteiger partial charge in [0.1, 0.15) is 5.69 Å². The molecule has 1 saturated heterocycles. The lowest BCUT2D eigenvalue weighted by atomic mass is 9.96. The number of piperidine rings is 1. The quantitative estimate of drug-likeness (QED) is 0.881. The number of fused-ring (bicyclic) bond motifs is 1. The van der Waals surface area contributed by atoms with Gasteiger partial charge in [-0.25, -0.2) is 0 Å². The van der Waals surface area contributed by atoms with Crippen molar-refractivity contribution < 1.29 is 9.32 Å². The van der Waals surface area contributed by atoms with Gasteiger partial charge in [0.25, 0.3) is 0 Å². The minimum atomic E-state index is 0.0119. The molecule has 1 aromatic heterocycles. The highest BCUT2D eigenvalue weighted by molar-refractivity contribution is 5.86. The van der Waals surface area contributed by atoms with Crippen LogP contribution in [0.25, 0.3) is 11.0 Å².